The van der Waals surface area contributed by atoms with E-state index in [1.807, 2.05) is 6.07 Å². The first-order valence-electron chi connectivity index (χ1n) is 7.63. The second-order valence-corrected chi connectivity index (χ2v) is 6.46. The van der Waals surface area contributed by atoms with Gasteiger partial charge in [-0.25, -0.2) is 0 Å². The number of nitrogens with one attached hydrogen (secondary N) is 1. The van der Waals surface area contributed by atoms with Gasteiger partial charge in [-0.3, -0.25) is 9.78 Å². The number of halogens is 2. The average Bonchev–Trinajstić information content (AvgIpc) is 3.20. The number of hydrogen-bond donors (Lipinski definition) is 1. The van der Waals surface area contributed by atoms with Crippen molar-refractivity contribution in [3.63, 3.8) is 0 Å². The molecule has 0 saturated heterocycles. The molecule has 1 aliphatic heterocycles. The second kappa shape index (κ2) is 6.43. The van der Waals surface area contributed by atoms with Gasteiger partial charge in [-0.05, 0) is 42.5 Å². The van der Waals surface area contributed by atoms with Crippen molar-refractivity contribution in [2.75, 3.05) is 5.32 Å². The van der Waals surface area contributed by atoms with Crippen molar-refractivity contribution in [1.29, 1.82) is 0 Å². The maximum atomic E-state index is 12.8. The highest BCUT2D eigenvalue weighted by molar-refractivity contribution is 6.36. The number of nitrogens with zero attached hydrogens (tertiary/aromatic N) is 2. The second-order valence-electron chi connectivity index (χ2n) is 5.62. The van der Waals surface area contributed by atoms with Crippen LogP contribution in [0.4, 0.5) is 5.69 Å². The largest absolute Gasteiger partial charge is 0.467 e. The smallest absolute Gasteiger partial charge is 0.258 e. The van der Waals surface area contributed by atoms with Gasteiger partial charge in [0.05, 0.1) is 34.8 Å². The van der Waals surface area contributed by atoms with E-state index >= 15 is 0 Å². The molecule has 126 valence electrons. The lowest BCUT2D eigenvalue weighted by Gasteiger charge is -2.26. The molecule has 1 N–H and O–H groups in total. The quantitative estimate of drug-likeness (QED) is 0.716. The van der Waals surface area contributed by atoms with Crippen molar-refractivity contribution < 1.29 is 9.21 Å². The van der Waals surface area contributed by atoms with Gasteiger partial charge in [0.15, 0.2) is 0 Å². The molecular weight excluding hydrogens is 361 g/mol. The van der Waals surface area contributed by atoms with Crippen molar-refractivity contribution in [3.05, 3.63) is 82.0 Å². The Morgan fingerprint density at radius 3 is 2.84 bits per heavy atom. The fourth-order valence-electron chi connectivity index (χ4n) is 2.87. The van der Waals surface area contributed by atoms with Gasteiger partial charge in [-0.1, -0.05) is 23.2 Å². The van der Waals surface area contributed by atoms with Crippen LogP contribution in [0.3, 0.4) is 0 Å². The topological polar surface area (TPSA) is 58.4 Å². The normalized spacial score (nSPS) is 16.2. The van der Waals surface area contributed by atoms with Gasteiger partial charge < -0.3 is 14.6 Å². The summed E-state index contributed by atoms with van der Waals surface area (Å²) in [6.07, 6.45) is 2.80. The number of amides is 1. The van der Waals surface area contributed by atoms with Crippen molar-refractivity contribution in [3.8, 4) is 0 Å². The summed E-state index contributed by atoms with van der Waals surface area (Å²) in [6, 6.07) is 12.3. The Morgan fingerprint density at radius 2 is 2.08 bits per heavy atom. The van der Waals surface area contributed by atoms with Crippen LogP contribution < -0.4 is 5.32 Å². The molecule has 0 radical (unpaired) electrons. The summed E-state index contributed by atoms with van der Waals surface area (Å²) in [5, 5.41) is 4.32. The highest BCUT2D eigenvalue weighted by Gasteiger charge is 2.38. The van der Waals surface area contributed by atoms with Crippen molar-refractivity contribution in [2.24, 2.45) is 0 Å². The van der Waals surface area contributed by atoms with Gasteiger partial charge >= 0.3 is 0 Å². The molecule has 3 aromatic rings. The maximum absolute atomic E-state index is 12.8. The first-order chi connectivity index (χ1) is 12.1. The number of fused-ring (bicyclic) bond motifs is 1. The van der Waals surface area contributed by atoms with E-state index in [0.29, 0.717) is 39.3 Å². The summed E-state index contributed by atoms with van der Waals surface area (Å²) >= 11 is 12.2. The molecule has 2 aromatic heterocycles. The van der Waals surface area contributed by atoms with Gasteiger partial charge in [0.2, 0.25) is 0 Å². The maximum Gasteiger partial charge on any atom is 0.258 e. The summed E-state index contributed by atoms with van der Waals surface area (Å²) in [4.78, 5) is 18.9. The molecule has 25 heavy (non-hydrogen) atoms. The van der Waals surface area contributed by atoms with E-state index in [2.05, 4.69) is 10.3 Å². The van der Waals surface area contributed by atoms with E-state index in [0.717, 1.165) is 0 Å². The van der Waals surface area contributed by atoms with Crippen molar-refractivity contribution in [2.45, 2.75) is 12.7 Å². The SMILES string of the molecule is O=C1c2cccnc2C(Nc2ccc(Cl)cc2Cl)N1Cc1ccco1. The molecule has 0 fully saturated rings. The zero-order valence-electron chi connectivity index (χ0n) is 12.9. The molecule has 1 unspecified atom stereocenters. The third-order valence-electron chi connectivity index (χ3n) is 4.03. The minimum Gasteiger partial charge on any atom is -0.467 e. The van der Waals surface area contributed by atoms with Crippen molar-refractivity contribution in [1.82, 2.24) is 9.88 Å². The summed E-state index contributed by atoms with van der Waals surface area (Å²) in [5.74, 6) is 0.581. The van der Waals surface area contributed by atoms with Crippen LogP contribution in [-0.4, -0.2) is 15.8 Å². The first kappa shape index (κ1) is 16.0. The standard InChI is InChI=1S/C18H13Cl2N3O2/c19-11-5-6-15(14(20)9-11)22-17-16-13(4-1-7-21-16)18(24)23(17)10-12-3-2-8-25-12/h1-9,17,22H,10H2. The molecule has 1 amide bonds. The molecule has 3 heterocycles. The van der Waals surface area contributed by atoms with E-state index in [1.54, 1.807) is 53.8 Å². The van der Waals surface area contributed by atoms with Crippen LogP contribution in [0, 0.1) is 0 Å². The molecule has 1 aliphatic rings. The van der Waals surface area contributed by atoms with E-state index in [4.69, 9.17) is 27.6 Å². The van der Waals surface area contributed by atoms with Crippen LogP contribution in [-0.2, 0) is 6.54 Å². The predicted molar refractivity (Wildman–Crippen MR) is 95.6 cm³/mol. The monoisotopic (exact) mass is 373 g/mol. The summed E-state index contributed by atoms with van der Waals surface area (Å²) in [5.41, 5.74) is 1.90. The van der Waals surface area contributed by atoms with Crippen LogP contribution >= 0.6 is 23.2 Å². The Bertz CT molecular complexity index is 928. The van der Waals surface area contributed by atoms with Gasteiger partial charge in [-0.2, -0.15) is 0 Å². The number of benzene rings is 1. The number of rotatable bonds is 4. The van der Waals surface area contributed by atoms with Gasteiger partial charge in [0.1, 0.15) is 11.9 Å². The molecule has 0 bridgehead atoms. The molecule has 1 atom stereocenters. The Balaban J connectivity index is 1.71. The fourth-order valence-corrected chi connectivity index (χ4v) is 3.33. The summed E-state index contributed by atoms with van der Waals surface area (Å²) in [7, 11) is 0. The molecule has 1 aromatic carbocycles. The number of anilines is 1. The molecule has 5 nitrogen and oxygen atoms in total. The molecule has 0 saturated carbocycles. The third-order valence-corrected chi connectivity index (χ3v) is 4.58. The number of furan rings is 1. The lowest BCUT2D eigenvalue weighted by molar-refractivity contribution is 0.0714. The molecule has 7 heteroatoms. The minimum atomic E-state index is -0.451. The lowest BCUT2D eigenvalue weighted by atomic mass is 10.2. The van der Waals surface area contributed by atoms with Crippen LogP contribution in [0.1, 0.15) is 28.0 Å². The van der Waals surface area contributed by atoms with Gasteiger partial charge in [0, 0.05) is 11.2 Å². The highest BCUT2D eigenvalue weighted by atomic mass is 35.5. The van der Waals surface area contributed by atoms with Crippen LogP contribution in [0.2, 0.25) is 10.0 Å². The summed E-state index contributed by atoms with van der Waals surface area (Å²) in [6.45, 7) is 0.324. The predicted octanol–water partition coefficient (Wildman–Crippen LogP) is 4.75. The number of hydrogen-bond acceptors (Lipinski definition) is 4. The zero-order valence-corrected chi connectivity index (χ0v) is 14.5. The Kier molecular flexibility index (Phi) is 4.11. The van der Waals surface area contributed by atoms with Crippen LogP contribution in [0.5, 0.6) is 0 Å². The minimum absolute atomic E-state index is 0.109. The van der Waals surface area contributed by atoms with E-state index in [-0.39, 0.29) is 5.91 Å². The van der Waals surface area contributed by atoms with Gasteiger partial charge in [0.25, 0.3) is 5.91 Å². The van der Waals surface area contributed by atoms with Crippen molar-refractivity contribution >= 4 is 34.8 Å². The first-order valence-corrected chi connectivity index (χ1v) is 8.39. The number of pyridine rings is 1. The molecule has 4 rings (SSSR count). The Labute approximate surface area is 154 Å². The molecule has 0 spiro atoms. The van der Waals surface area contributed by atoms with E-state index in [9.17, 15) is 4.79 Å². The number of carbonyl (C=O) groups excluding carboxylic acids is 1. The number of aromatic nitrogens is 1. The van der Waals surface area contributed by atoms with Crippen LogP contribution in [0.25, 0.3) is 0 Å². The molecule has 0 aliphatic carbocycles. The Hall–Kier alpha value is -2.50. The third kappa shape index (κ3) is 2.97. The summed E-state index contributed by atoms with van der Waals surface area (Å²) < 4.78 is 5.40. The fraction of sp³-hybridized carbons (Fsp3) is 0.111. The zero-order chi connectivity index (χ0) is 17.4. The van der Waals surface area contributed by atoms with Crippen LogP contribution in [0.15, 0.2) is 59.3 Å². The average molecular weight is 374 g/mol. The number of carbonyl (C=O) groups is 1. The Morgan fingerprint density at radius 1 is 1.20 bits per heavy atom. The highest BCUT2D eigenvalue weighted by Crippen LogP contribution is 2.36. The van der Waals surface area contributed by atoms with E-state index < -0.39 is 6.17 Å². The van der Waals surface area contributed by atoms with E-state index in [1.165, 1.54) is 0 Å². The lowest BCUT2D eigenvalue weighted by Crippen LogP contribution is -2.32. The molecular formula is C18H13Cl2N3O2. The van der Waals surface area contributed by atoms with Gasteiger partial charge in [-0.15, -0.1) is 0 Å².